The molecule has 0 bridgehead atoms. The molecule has 88 valence electrons. The van der Waals surface area contributed by atoms with Crippen LogP contribution in [0.15, 0.2) is 48.8 Å². The maximum absolute atomic E-state index is 5.61. The van der Waals surface area contributed by atoms with Gasteiger partial charge in [0.25, 0.3) is 0 Å². The number of hydrogen-bond acceptors (Lipinski definition) is 3. The van der Waals surface area contributed by atoms with Crippen molar-refractivity contribution in [2.45, 2.75) is 6.42 Å². The average molecular weight is 228 g/mol. The van der Waals surface area contributed by atoms with Crippen molar-refractivity contribution in [1.29, 1.82) is 0 Å². The molecule has 0 saturated heterocycles. The molecule has 0 saturated carbocycles. The Labute approximate surface area is 101 Å². The standard InChI is InChI=1S/C14H16N2O/c15-7-2-10-17-14-4-1-3-13(11-14)12-5-8-16-9-6-12/h1,3-6,8-9,11H,2,7,10,15H2. The number of aromatic nitrogens is 1. The molecule has 17 heavy (non-hydrogen) atoms. The van der Waals surface area contributed by atoms with E-state index >= 15 is 0 Å². The molecule has 3 nitrogen and oxygen atoms in total. The third kappa shape index (κ3) is 3.29. The molecular weight excluding hydrogens is 212 g/mol. The van der Waals surface area contributed by atoms with Crippen LogP contribution in [0.4, 0.5) is 0 Å². The first-order valence-corrected chi connectivity index (χ1v) is 5.73. The van der Waals surface area contributed by atoms with Gasteiger partial charge in [0.1, 0.15) is 5.75 Å². The van der Waals surface area contributed by atoms with Crippen LogP contribution in [0.25, 0.3) is 11.1 Å². The van der Waals surface area contributed by atoms with Crippen molar-refractivity contribution < 1.29 is 4.74 Å². The molecule has 0 unspecified atom stereocenters. The Morgan fingerprint density at radius 2 is 1.88 bits per heavy atom. The van der Waals surface area contributed by atoms with E-state index in [1.165, 1.54) is 0 Å². The van der Waals surface area contributed by atoms with E-state index in [1.807, 2.05) is 30.3 Å². The molecule has 3 heteroatoms. The summed E-state index contributed by atoms with van der Waals surface area (Å²) in [6.07, 6.45) is 4.45. The normalized spacial score (nSPS) is 10.2. The highest BCUT2D eigenvalue weighted by Gasteiger charge is 1.99. The quantitative estimate of drug-likeness (QED) is 0.800. The summed E-state index contributed by atoms with van der Waals surface area (Å²) in [5, 5.41) is 0. The molecule has 1 heterocycles. The maximum atomic E-state index is 5.61. The number of rotatable bonds is 5. The number of hydrogen-bond donors (Lipinski definition) is 1. The van der Waals surface area contributed by atoms with Crippen molar-refractivity contribution in [2.75, 3.05) is 13.2 Å². The van der Waals surface area contributed by atoms with Crippen LogP contribution >= 0.6 is 0 Å². The lowest BCUT2D eigenvalue weighted by molar-refractivity contribution is 0.313. The second-order valence-corrected chi connectivity index (χ2v) is 3.75. The largest absolute Gasteiger partial charge is 0.494 e. The second-order valence-electron chi connectivity index (χ2n) is 3.75. The highest BCUT2D eigenvalue weighted by molar-refractivity contribution is 5.64. The molecule has 0 aliphatic heterocycles. The van der Waals surface area contributed by atoms with Crippen LogP contribution in [-0.4, -0.2) is 18.1 Å². The second kappa shape index (κ2) is 6.01. The lowest BCUT2D eigenvalue weighted by atomic mass is 10.1. The van der Waals surface area contributed by atoms with Gasteiger partial charge in [-0.2, -0.15) is 0 Å². The fourth-order valence-corrected chi connectivity index (χ4v) is 1.58. The monoisotopic (exact) mass is 228 g/mol. The molecule has 2 aromatic rings. The minimum atomic E-state index is 0.657. The summed E-state index contributed by atoms with van der Waals surface area (Å²) in [5.41, 5.74) is 7.71. The predicted molar refractivity (Wildman–Crippen MR) is 68.8 cm³/mol. The van der Waals surface area contributed by atoms with E-state index in [-0.39, 0.29) is 0 Å². The van der Waals surface area contributed by atoms with Gasteiger partial charge in [-0.15, -0.1) is 0 Å². The van der Waals surface area contributed by atoms with Gasteiger partial charge in [-0.3, -0.25) is 4.98 Å². The van der Waals surface area contributed by atoms with Crippen molar-refractivity contribution in [3.05, 3.63) is 48.8 Å². The minimum absolute atomic E-state index is 0.657. The molecule has 0 aliphatic carbocycles. The topological polar surface area (TPSA) is 48.1 Å². The molecule has 1 aromatic heterocycles. The third-order valence-corrected chi connectivity index (χ3v) is 2.46. The summed E-state index contributed by atoms with van der Waals surface area (Å²) < 4.78 is 5.61. The Morgan fingerprint density at radius 3 is 2.65 bits per heavy atom. The zero-order chi connectivity index (χ0) is 11.9. The van der Waals surface area contributed by atoms with Crippen LogP contribution in [-0.2, 0) is 0 Å². The molecule has 0 atom stereocenters. The highest BCUT2D eigenvalue weighted by Crippen LogP contribution is 2.23. The summed E-state index contributed by atoms with van der Waals surface area (Å²) in [4.78, 5) is 4.01. The first-order valence-electron chi connectivity index (χ1n) is 5.73. The first kappa shape index (κ1) is 11.6. The molecule has 0 amide bonds. The van der Waals surface area contributed by atoms with Crippen molar-refractivity contribution in [3.63, 3.8) is 0 Å². The van der Waals surface area contributed by atoms with Gasteiger partial charge in [0, 0.05) is 12.4 Å². The van der Waals surface area contributed by atoms with E-state index in [1.54, 1.807) is 12.4 Å². The van der Waals surface area contributed by atoms with Crippen LogP contribution in [0.3, 0.4) is 0 Å². The van der Waals surface area contributed by atoms with Crippen molar-refractivity contribution in [3.8, 4) is 16.9 Å². The van der Waals surface area contributed by atoms with Crippen LogP contribution in [0, 0.1) is 0 Å². The summed E-state index contributed by atoms with van der Waals surface area (Å²) >= 11 is 0. The smallest absolute Gasteiger partial charge is 0.119 e. The summed E-state index contributed by atoms with van der Waals surface area (Å²) in [5.74, 6) is 0.882. The van der Waals surface area contributed by atoms with Gasteiger partial charge in [0.15, 0.2) is 0 Å². The van der Waals surface area contributed by atoms with E-state index in [2.05, 4.69) is 11.1 Å². The van der Waals surface area contributed by atoms with Crippen molar-refractivity contribution in [1.82, 2.24) is 4.98 Å². The molecular formula is C14H16N2O. The summed E-state index contributed by atoms with van der Waals surface area (Å²) in [6.45, 7) is 1.32. The first-order chi connectivity index (χ1) is 8.40. The molecule has 2 rings (SSSR count). The Morgan fingerprint density at radius 1 is 1.06 bits per heavy atom. The Balaban J connectivity index is 2.12. The van der Waals surface area contributed by atoms with E-state index in [9.17, 15) is 0 Å². The molecule has 0 aliphatic rings. The van der Waals surface area contributed by atoms with Gasteiger partial charge in [-0.1, -0.05) is 12.1 Å². The van der Waals surface area contributed by atoms with E-state index in [0.717, 1.165) is 23.3 Å². The molecule has 0 spiro atoms. The van der Waals surface area contributed by atoms with Gasteiger partial charge in [0.05, 0.1) is 6.61 Å². The zero-order valence-corrected chi connectivity index (χ0v) is 9.67. The zero-order valence-electron chi connectivity index (χ0n) is 9.67. The molecule has 1 aromatic carbocycles. The predicted octanol–water partition coefficient (Wildman–Crippen LogP) is 2.48. The maximum Gasteiger partial charge on any atom is 0.119 e. The number of benzene rings is 1. The van der Waals surface area contributed by atoms with Gasteiger partial charge in [-0.25, -0.2) is 0 Å². The molecule has 0 radical (unpaired) electrons. The average Bonchev–Trinajstić information content (AvgIpc) is 2.41. The van der Waals surface area contributed by atoms with Gasteiger partial charge >= 0.3 is 0 Å². The minimum Gasteiger partial charge on any atom is -0.494 e. The molecule has 2 N–H and O–H groups in total. The number of ether oxygens (including phenoxy) is 1. The van der Waals surface area contributed by atoms with Crippen LogP contribution in [0.2, 0.25) is 0 Å². The van der Waals surface area contributed by atoms with E-state index in [4.69, 9.17) is 10.5 Å². The highest BCUT2D eigenvalue weighted by atomic mass is 16.5. The SMILES string of the molecule is NCCCOc1cccc(-c2ccncc2)c1. The van der Waals surface area contributed by atoms with Gasteiger partial charge in [-0.05, 0) is 48.4 Å². The summed E-state index contributed by atoms with van der Waals surface area (Å²) in [7, 11) is 0. The number of nitrogens with two attached hydrogens (primary N) is 1. The fourth-order valence-electron chi connectivity index (χ4n) is 1.58. The Hall–Kier alpha value is -1.87. The third-order valence-electron chi connectivity index (χ3n) is 2.46. The van der Waals surface area contributed by atoms with Crippen molar-refractivity contribution >= 4 is 0 Å². The lowest BCUT2D eigenvalue weighted by Gasteiger charge is -2.07. The van der Waals surface area contributed by atoms with Crippen LogP contribution < -0.4 is 10.5 Å². The lowest BCUT2D eigenvalue weighted by Crippen LogP contribution is -2.05. The number of nitrogens with zero attached hydrogens (tertiary/aromatic N) is 1. The fraction of sp³-hybridized carbons (Fsp3) is 0.214. The van der Waals surface area contributed by atoms with Crippen LogP contribution in [0.1, 0.15) is 6.42 Å². The van der Waals surface area contributed by atoms with Crippen molar-refractivity contribution in [2.24, 2.45) is 5.73 Å². The molecule has 0 fully saturated rings. The van der Waals surface area contributed by atoms with E-state index < -0.39 is 0 Å². The van der Waals surface area contributed by atoms with Gasteiger partial charge in [0.2, 0.25) is 0 Å². The van der Waals surface area contributed by atoms with Gasteiger partial charge < -0.3 is 10.5 Å². The summed E-state index contributed by atoms with van der Waals surface area (Å²) in [6, 6.07) is 12.0. The van der Waals surface area contributed by atoms with Crippen LogP contribution in [0.5, 0.6) is 5.75 Å². The van der Waals surface area contributed by atoms with E-state index in [0.29, 0.717) is 13.2 Å². The number of pyridine rings is 1. The Bertz CT molecular complexity index is 457. The Kier molecular flexibility index (Phi) is 4.11.